The molecule has 0 bridgehead atoms. The number of nitrogens with two attached hydrogens (primary N) is 1. The van der Waals surface area contributed by atoms with Crippen LogP contribution in [0.5, 0.6) is 0 Å². The van der Waals surface area contributed by atoms with Gasteiger partial charge in [0.15, 0.2) is 10.1 Å². The molecule has 0 aromatic rings. The number of rotatable bonds is 1. The summed E-state index contributed by atoms with van der Waals surface area (Å²) < 4.78 is 0. The minimum absolute atomic E-state index is 0.346. The minimum atomic E-state index is -1.00. The van der Waals surface area contributed by atoms with Gasteiger partial charge in [-0.15, -0.1) is 5.01 Å². The first-order chi connectivity index (χ1) is 6.04. The van der Waals surface area contributed by atoms with E-state index in [1.54, 1.807) is 0 Å². The predicted molar refractivity (Wildman–Crippen MR) is 42.6 cm³/mol. The molecule has 1 fully saturated rings. The van der Waals surface area contributed by atoms with Gasteiger partial charge in [-0.2, -0.15) is 5.84 Å². The maximum Gasteiger partial charge on any atom is 0.160 e. The van der Waals surface area contributed by atoms with E-state index >= 15 is 0 Å². The molecular formula is C4H11N5O4. The molecule has 1 saturated heterocycles. The van der Waals surface area contributed by atoms with Crippen LogP contribution in [0, 0.1) is 20.2 Å². The summed E-state index contributed by atoms with van der Waals surface area (Å²) in [4.78, 5) is 18.6. The van der Waals surface area contributed by atoms with Crippen molar-refractivity contribution >= 4 is 0 Å². The average molecular weight is 193 g/mol. The van der Waals surface area contributed by atoms with Crippen molar-refractivity contribution in [3.8, 4) is 0 Å². The van der Waals surface area contributed by atoms with Gasteiger partial charge in [0.2, 0.25) is 0 Å². The van der Waals surface area contributed by atoms with Gasteiger partial charge >= 0.3 is 0 Å². The summed E-state index contributed by atoms with van der Waals surface area (Å²) in [5.74, 6) is 3.83. The Morgan fingerprint density at radius 1 is 1.23 bits per heavy atom. The quantitative estimate of drug-likeness (QED) is 0.286. The Kier molecular flexibility index (Phi) is 5.19. The Bertz CT molecular complexity index is 175. The number of piperazine rings is 1. The fourth-order valence-corrected chi connectivity index (χ4v) is 0.816. The van der Waals surface area contributed by atoms with Crippen molar-refractivity contribution < 1.29 is 10.1 Å². The summed E-state index contributed by atoms with van der Waals surface area (Å²) in [7, 11) is 0. The number of hydrogen-bond donors (Lipinski definition) is 2. The molecule has 0 amide bonds. The number of hydrogen-bond acceptors (Lipinski definition) is 5. The van der Waals surface area contributed by atoms with Crippen molar-refractivity contribution in [1.82, 2.24) is 10.3 Å². The molecule has 13 heavy (non-hydrogen) atoms. The highest BCUT2D eigenvalue weighted by Gasteiger charge is 2.15. The largest absolute Gasteiger partial charge is 0.313 e. The van der Waals surface area contributed by atoms with Crippen molar-refractivity contribution in [3.05, 3.63) is 20.2 Å². The number of nitrogens with zero attached hydrogens (tertiary/aromatic N) is 3. The van der Waals surface area contributed by atoms with E-state index in [1.807, 2.05) is 0 Å². The maximum atomic E-state index is 10.1. The molecule has 9 nitrogen and oxygen atoms in total. The third-order valence-electron chi connectivity index (χ3n) is 1.32. The molecule has 0 saturated carbocycles. The van der Waals surface area contributed by atoms with Crippen LogP contribution in [0.15, 0.2) is 0 Å². The molecule has 1 rings (SSSR count). The molecule has 0 unspecified atom stereocenters. The zero-order valence-corrected chi connectivity index (χ0v) is 6.88. The number of hydrazine groups is 2. The number of nitro groups is 2. The van der Waals surface area contributed by atoms with Gasteiger partial charge in [-0.1, -0.05) is 0 Å². The first-order valence-corrected chi connectivity index (χ1v) is 3.53. The fourth-order valence-electron chi connectivity index (χ4n) is 0.816. The third kappa shape index (κ3) is 6.75. The van der Waals surface area contributed by atoms with Crippen LogP contribution >= 0.6 is 0 Å². The van der Waals surface area contributed by atoms with Crippen molar-refractivity contribution in [3.63, 3.8) is 0 Å². The third-order valence-corrected chi connectivity index (χ3v) is 1.32. The fraction of sp³-hybridized carbons (Fsp3) is 1.00. The molecule has 0 spiro atoms. The Hall–Kier alpha value is -1.64. The average Bonchev–Trinajstić information content (AvgIpc) is 2.05. The Morgan fingerprint density at radius 2 is 1.62 bits per heavy atom. The van der Waals surface area contributed by atoms with Crippen molar-refractivity contribution in [2.24, 2.45) is 5.84 Å². The first kappa shape index (κ1) is 11.4. The summed E-state index contributed by atoms with van der Waals surface area (Å²) in [5, 5.41) is 21.5. The van der Waals surface area contributed by atoms with Crippen LogP contribution in [0.1, 0.15) is 0 Å². The molecule has 9 heteroatoms. The highest BCUT2D eigenvalue weighted by molar-refractivity contribution is 4.59. The van der Waals surface area contributed by atoms with Crippen LogP contribution in [-0.4, -0.2) is 41.3 Å². The second-order valence-electron chi connectivity index (χ2n) is 2.23. The topological polar surface area (TPSA) is 128 Å². The van der Waals surface area contributed by atoms with Crippen LogP contribution in [0.3, 0.4) is 0 Å². The molecule has 0 aromatic heterocycles. The minimum Gasteiger partial charge on any atom is -0.313 e. The molecule has 0 aromatic carbocycles. The lowest BCUT2D eigenvalue weighted by atomic mass is 10.4. The molecule has 0 radical (unpaired) electrons. The SMILES string of the molecule is N[N+](=O)[O-].O=[N+]([O-])N1CCNCC1. The smallest absolute Gasteiger partial charge is 0.160 e. The van der Waals surface area contributed by atoms with Gasteiger partial charge in [0.05, 0.1) is 13.1 Å². The normalized spacial score (nSPS) is 15.5. The van der Waals surface area contributed by atoms with E-state index in [0.717, 1.165) is 13.1 Å². The summed E-state index contributed by atoms with van der Waals surface area (Å²) in [6.45, 7) is 2.49. The molecule has 3 N–H and O–H groups in total. The first-order valence-electron chi connectivity index (χ1n) is 3.53. The standard InChI is InChI=1S/C4H9N3O2.H2N2O2/c8-7(9)6-3-1-5-2-4-6;1-2(3)4/h5H,1-4H2;1H2. The van der Waals surface area contributed by atoms with E-state index in [0.29, 0.717) is 13.1 Å². The van der Waals surface area contributed by atoms with E-state index in [-0.39, 0.29) is 5.03 Å². The summed E-state index contributed by atoms with van der Waals surface area (Å²) in [6.07, 6.45) is 0. The van der Waals surface area contributed by atoms with Gasteiger partial charge < -0.3 is 5.32 Å². The predicted octanol–water partition coefficient (Wildman–Crippen LogP) is -1.78. The molecule has 0 aliphatic carbocycles. The van der Waals surface area contributed by atoms with Gasteiger partial charge in [0, 0.05) is 13.1 Å². The van der Waals surface area contributed by atoms with E-state index < -0.39 is 5.03 Å². The Balaban J connectivity index is 0.000000310. The van der Waals surface area contributed by atoms with Gasteiger partial charge in [-0.3, -0.25) is 0 Å². The van der Waals surface area contributed by atoms with E-state index in [9.17, 15) is 10.1 Å². The lowest BCUT2D eigenvalue weighted by molar-refractivity contribution is -0.656. The zero-order chi connectivity index (χ0) is 10.3. The van der Waals surface area contributed by atoms with Crippen LogP contribution in [0.4, 0.5) is 0 Å². The van der Waals surface area contributed by atoms with Crippen molar-refractivity contribution in [1.29, 1.82) is 0 Å². The van der Waals surface area contributed by atoms with E-state index in [2.05, 4.69) is 11.2 Å². The van der Waals surface area contributed by atoms with Gasteiger partial charge in [0.1, 0.15) is 0 Å². The lowest BCUT2D eigenvalue weighted by Gasteiger charge is -2.19. The summed E-state index contributed by atoms with van der Waals surface area (Å²) in [6, 6.07) is 0. The second-order valence-corrected chi connectivity index (χ2v) is 2.23. The van der Waals surface area contributed by atoms with E-state index in [1.165, 1.54) is 5.01 Å². The molecular weight excluding hydrogens is 182 g/mol. The highest BCUT2D eigenvalue weighted by Crippen LogP contribution is 1.89. The second kappa shape index (κ2) is 5.94. The number of nitrogens with one attached hydrogen (secondary N) is 1. The maximum absolute atomic E-state index is 10.1. The monoisotopic (exact) mass is 193 g/mol. The summed E-state index contributed by atoms with van der Waals surface area (Å²) >= 11 is 0. The summed E-state index contributed by atoms with van der Waals surface area (Å²) in [5.41, 5.74) is 0. The molecule has 1 aliphatic rings. The van der Waals surface area contributed by atoms with Crippen LogP contribution in [-0.2, 0) is 0 Å². The van der Waals surface area contributed by atoms with Crippen LogP contribution < -0.4 is 11.2 Å². The lowest BCUT2D eigenvalue weighted by Crippen LogP contribution is -2.46. The van der Waals surface area contributed by atoms with Crippen LogP contribution in [0.25, 0.3) is 0 Å². The van der Waals surface area contributed by atoms with Gasteiger partial charge in [-0.25, -0.2) is 20.2 Å². The molecule has 76 valence electrons. The molecule has 0 atom stereocenters. The molecule has 1 aliphatic heterocycles. The van der Waals surface area contributed by atoms with Crippen molar-refractivity contribution in [2.45, 2.75) is 0 Å². The highest BCUT2D eigenvalue weighted by atomic mass is 16.7. The van der Waals surface area contributed by atoms with Gasteiger partial charge in [0.25, 0.3) is 0 Å². The van der Waals surface area contributed by atoms with Crippen molar-refractivity contribution in [2.75, 3.05) is 26.2 Å². The Morgan fingerprint density at radius 3 is 1.85 bits per heavy atom. The zero-order valence-electron chi connectivity index (χ0n) is 6.88. The van der Waals surface area contributed by atoms with Crippen LogP contribution in [0.2, 0.25) is 0 Å². The van der Waals surface area contributed by atoms with E-state index in [4.69, 9.17) is 10.1 Å². The van der Waals surface area contributed by atoms with Gasteiger partial charge in [-0.05, 0) is 0 Å². The Labute approximate surface area is 73.7 Å². The molecule has 1 heterocycles.